The van der Waals surface area contributed by atoms with Gasteiger partial charge in [0, 0.05) is 42.7 Å². The highest BCUT2D eigenvalue weighted by molar-refractivity contribution is 7.02. The number of terminal acetylenes is 1. The lowest BCUT2D eigenvalue weighted by molar-refractivity contribution is -0.385. The molecule has 6 rings (SSSR count). The van der Waals surface area contributed by atoms with E-state index in [4.69, 9.17) is 37.0 Å². The molecule has 0 radical (unpaired) electrons. The third-order valence-electron chi connectivity index (χ3n) is 8.21. The third-order valence-corrected chi connectivity index (χ3v) is 9.28. The molecule has 3 aromatic carbocycles. The smallest absolute Gasteiger partial charge is 0.416 e. The summed E-state index contributed by atoms with van der Waals surface area (Å²) < 4.78 is 79.5. The Bertz CT molecular complexity index is 2360. The molecule has 0 aliphatic carbocycles. The quantitative estimate of drug-likeness (QED) is 0.0545. The summed E-state index contributed by atoms with van der Waals surface area (Å²) in [6.07, 6.45) is 0.275. The Morgan fingerprint density at radius 2 is 1.95 bits per heavy atom. The Kier molecular flexibility index (Phi) is 12.6. The summed E-state index contributed by atoms with van der Waals surface area (Å²) in [6.45, 7) is 7.87. The van der Waals surface area contributed by atoms with Crippen LogP contribution in [-0.2, 0) is 38.2 Å². The van der Waals surface area contributed by atoms with Gasteiger partial charge in [-0.25, -0.2) is 19.0 Å². The van der Waals surface area contributed by atoms with Gasteiger partial charge < -0.3 is 23.5 Å². The minimum Gasteiger partial charge on any atom is -0.481 e. The van der Waals surface area contributed by atoms with Crippen LogP contribution >= 0.6 is 23.1 Å². The largest absolute Gasteiger partial charge is 0.481 e. The molecule has 0 bridgehead atoms. The molecule has 2 aliphatic heterocycles. The zero-order chi connectivity index (χ0) is 41.8. The van der Waals surface area contributed by atoms with Crippen molar-refractivity contribution in [3.63, 3.8) is 0 Å². The van der Waals surface area contributed by atoms with Crippen molar-refractivity contribution in [2.75, 3.05) is 24.7 Å². The summed E-state index contributed by atoms with van der Waals surface area (Å²) in [5.41, 5.74) is -1.49. The zero-order valence-corrected chi connectivity index (χ0v) is 32.1. The molecule has 0 N–H and O–H groups in total. The highest BCUT2D eigenvalue weighted by Gasteiger charge is 2.33. The van der Waals surface area contributed by atoms with Crippen LogP contribution in [0.4, 0.5) is 34.6 Å². The maximum absolute atomic E-state index is 14.5. The fourth-order valence-corrected chi connectivity index (χ4v) is 6.54. The maximum atomic E-state index is 14.5. The number of anilines is 1. The minimum absolute atomic E-state index is 0.0398. The number of aromatic nitrogens is 2. The Morgan fingerprint density at radius 3 is 2.60 bits per heavy atom. The normalized spacial score (nSPS) is 14.9. The monoisotopic (exact) mass is 833 g/mol. The van der Waals surface area contributed by atoms with Crippen molar-refractivity contribution < 1.29 is 55.8 Å². The Balaban J connectivity index is 0.000000220. The minimum atomic E-state index is -4.61. The first-order valence-corrected chi connectivity index (χ1v) is 18.0. The number of nitro benzene ring substituents is 1. The number of rotatable bonds is 9. The van der Waals surface area contributed by atoms with Crippen molar-refractivity contribution in [3.05, 3.63) is 91.2 Å². The number of benzene rings is 3. The lowest BCUT2D eigenvalue weighted by Crippen LogP contribution is -2.39. The third kappa shape index (κ3) is 9.88. The lowest BCUT2D eigenvalue weighted by atomic mass is 9.92. The van der Waals surface area contributed by atoms with Crippen LogP contribution < -0.4 is 19.2 Å². The SMILES string of the molecule is C#CCN1C(=O)COc2cc(F)c(N=c3snc4n3CC(C)(C)C4)cc21.CCOC(=O)C(C)OC(=O)c1cc(Oc2ccc(C(F)(F)F)cc2Cl)ccc1[N+](=O)[O-]. The predicted molar refractivity (Wildman–Crippen MR) is 197 cm³/mol. The van der Waals surface area contributed by atoms with Crippen LogP contribution in [0.5, 0.6) is 17.2 Å². The van der Waals surface area contributed by atoms with Crippen LogP contribution in [0.3, 0.4) is 0 Å². The van der Waals surface area contributed by atoms with Crippen LogP contribution in [0.15, 0.2) is 53.5 Å². The van der Waals surface area contributed by atoms with Crippen molar-refractivity contribution in [2.45, 2.75) is 52.9 Å². The van der Waals surface area contributed by atoms with Gasteiger partial charge in [-0.1, -0.05) is 31.4 Å². The van der Waals surface area contributed by atoms with Gasteiger partial charge in [-0.3, -0.25) is 19.8 Å². The summed E-state index contributed by atoms with van der Waals surface area (Å²) in [5.74, 6) is 0.565. The molecule has 0 saturated carbocycles. The number of carbonyl (C=O) groups is 3. The molecule has 1 amide bonds. The Hall–Kier alpha value is -6.00. The molecule has 3 heterocycles. The number of hydrogen-bond acceptors (Lipinski definition) is 12. The zero-order valence-electron chi connectivity index (χ0n) is 30.5. The number of carbonyl (C=O) groups excluding carboxylic acids is 3. The molecule has 2 aliphatic rings. The molecule has 0 saturated heterocycles. The number of hydrogen-bond donors (Lipinski definition) is 0. The van der Waals surface area contributed by atoms with Crippen LogP contribution in [0.25, 0.3) is 0 Å². The summed E-state index contributed by atoms with van der Waals surface area (Å²) in [4.78, 5) is 52.9. The van der Waals surface area contributed by atoms with Crippen molar-refractivity contribution >= 4 is 58.0 Å². The lowest BCUT2D eigenvalue weighted by Gasteiger charge is -2.28. The van der Waals surface area contributed by atoms with E-state index < -0.39 is 51.8 Å². The maximum Gasteiger partial charge on any atom is 0.416 e. The van der Waals surface area contributed by atoms with E-state index in [2.05, 4.69) is 29.1 Å². The molecule has 0 fully saturated rings. The highest BCUT2D eigenvalue weighted by Crippen LogP contribution is 2.39. The molecular weight excluding hydrogens is 802 g/mol. The number of ether oxygens (including phenoxy) is 4. The number of nitro groups is 1. The van der Waals surface area contributed by atoms with Gasteiger partial charge >= 0.3 is 18.1 Å². The van der Waals surface area contributed by atoms with Gasteiger partial charge in [-0.15, -0.1) is 6.42 Å². The summed E-state index contributed by atoms with van der Waals surface area (Å²) >= 11 is 7.07. The van der Waals surface area contributed by atoms with E-state index in [-0.39, 0.29) is 53.3 Å². The predicted octanol–water partition coefficient (Wildman–Crippen LogP) is 7.42. The number of halogens is 5. The number of alkyl halides is 3. The van der Waals surface area contributed by atoms with Gasteiger partial charge in [0.25, 0.3) is 11.6 Å². The second kappa shape index (κ2) is 17.0. The van der Waals surface area contributed by atoms with E-state index in [9.17, 15) is 42.1 Å². The van der Waals surface area contributed by atoms with Gasteiger partial charge in [0.15, 0.2) is 18.5 Å². The van der Waals surface area contributed by atoms with Crippen molar-refractivity contribution in [1.82, 2.24) is 8.94 Å². The van der Waals surface area contributed by atoms with Gasteiger partial charge in [-0.2, -0.15) is 17.5 Å². The van der Waals surface area contributed by atoms with E-state index >= 15 is 0 Å². The number of amides is 1. The van der Waals surface area contributed by atoms with E-state index in [0.29, 0.717) is 22.3 Å². The van der Waals surface area contributed by atoms with Crippen LogP contribution in [-0.4, -0.2) is 57.6 Å². The fraction of sp³-hybridized carbons (Fsp3) is 0.324. The average molecular weight is 834 g/mol. The molecule has 14 nitrogen and oxygen atoms in total. The van der Waals surface area contributed by atoms with E-state index in [1.54, 1.807) is 6.92 Å². The highest BCUT2D eigenvalue weighted by atomic mass is 35.5. The van der Waals surface area contributed by atoms with Crippen LogP contribution in [0, 0.1) is 33.7 Å². The van der Waals surface area contributed by atoms with Gasteiger partial charge in [0.05, 0.1) is 34.3 Å². The first-order chi connectivity index (χ1) is 26.8. The first-order valence-electron chi connectivity index (χ1n) is 16.8. The van der Waals surface area contributed by atoms with E-state index in [1.807, 2.05) is 4.57 Å². The first kappa shape index (κ1) is 42.1. The van der Waals surface area contributed by atoms with Crippen molar-refractivity contribution in [1.29, 1.82) is 0 Å². The summed E-state index contributed by atoms with van der Waals surface area (Å²) in [6, 6.07) is 8.13. The average Bonchev–Trinajstić information content (AvgIpc) is 3.65. The standard InChI is InChI=1S/C19H15ClF3NO7.C18H17FN4O2S/c1-3-29-17(25)10(2)30-18(26)13-9-12(5-6-15(13)24(27)28)31-16-7-4-11(8-14(16)20)19(21,22)23;1-4-5-22-13-7-12(11(19)6-14(13)25-9-16(22)24)20-17-23-10-18(2,3)8-15(23)21-26-17/h4-10H,3H2,1-2H3;1,6-7H,5,8-10H2,2-3H3. The molecule has 57 heavy (non-hydrogen) atoms. The molecule has 300 valence electrons. The van der Waals surface area contributed by atoms with Crippen LogP contribution in [0.1, 0.15) is 49.4 Å². The van der Waals surface area contributed by atoms with Crippen molar-refractivity contribution in [2.24, 2.45) is 10.4 Å². The van der Waals surface area contributed by atoms with Gasteiger partial charge in [0.1, 0.15) is 34.3 Å². The topological polar surface area (TPSA) is 165 Å². The van der Waals surface area contributed by atoms with E-state index in [0.717, 1.165) is 49.1 Å². The van der Waals surface area contributed by atoms with Crippen molar-refractivity contribution in [3.8, 4) is 29.6 Å². The molecule has 20 heteroatoms. The molecule has 1 aromatic heterocycles. The Morgan fingerprint density at radius 1 is 1.21 bits per heavy atom. The van der Waals surface area contributed by atoms with E-state index in [1.165, 1.54) is 35.5 Å². The summed E-state index contributed by atoms with van der Waals surface area (Å²) in [5, 5.41) is 10.9. The second-order valence-corrected chi connectivity index (χ2v) is 14.3. The molecule has 1 atom stereocenters. The number of fused-ring (bicyclic) bond motifs is 2. The number of nitrogens with zero attached hydrogens (tertiary/aromatic N) is 5. The fourth-order valence-electron chi connectivity index (χ4n) is 5.57. The molecule has 1 unspecified atom stereocenters. The van der Waals surface area contributed by atoms with Gasteiger partial charge in [0.2, 0.25) is 4.80 Å². The Labute approximate surface area is 330 Å². The molecule has 0 spiro atoms. The second-order valence-electron chi connectivity index (χ2n) is 13.1. The van der Waals surface area contributed by atoms with Crippen LogP contribution in [0.2, 0.25) is 5.02 Å². The van der Waals surface area contributed by atoms with Gasteiger partial charge in [-0.05, 0) is 49.6 Å². The number of esters is 2. The molecule has 4 aromatic rings. The summed E-state index contributed by atoms with van der Waals surface area (Å²) in [7, 11) is 0. The molecular formula is C37H32ClF4N5O9S.